The van der Waals surface area contributed by atoms with Gasteiger partial charge in [0.2, 0.25) is 11.8 Å². The lowest BCUT2D eigenvalue weighted by Crippen LogP contribution is -2.32. The average Bonchev–Trinajstić information content (AvgIpc) is 3.33. The third kappa shape index (κ3) is 3.17. The van der Waals surface area contributed by atoms with E-state index in [-0.39, 0.29) is 0 Å². The smallest absolute Gasteiger partial charge is 0.247 e. The Morgan fingerprint density at radius 2 is 2.04 bits per heavy atom. The molecule has 4 rings (SSSR count). The van der Waals surface area contributed by atoms with Crippen LogP contribution in [0.1, 0.15) is 18.7 Å². The van der Waals surface area contributed by atoms with E-state index in [1.807, 2.05) is 53.5 Å². The second-order valence-corrected chi connectivity index (χ2v) is 5.86. The predicted octanol–water partition coefficient (Wildman–Crippen LogP) is 2.60. The predicted molar refractivity (Wildman–Crippen MR) is 85.4 cm³/mol. The SMILES string of the molecule is c1ccc(-c2nnc(CN3CCC[C@H]3Cn3cccn3)o2)cc1. The number of benzene rings is 1. The van der Waals surface area contributed by atoms with Gasteiger partial charge in [-0.15, -0.1) is 10.2 Å². The van der Waals surface area contributed by atoms with Crippen LogP contribution in [0.15, 0.2) is 53.2 Å². The van der Waals surface area contributed by atoms with E-state index in [1.54, 1.807) is 0 Å². The summed E-state index contributed by atoms with van der Waals surface area (Å²) in [6.45, 7) is 2.67. The maximum absolute atomic E-state index is 5.83. The fraction of sp³-hybridized carbons (Fsp3) is 0.353. The van der Waals surface area contributed by atoms with Crippen LogP contribution in [0.4, 0.5) is 0 Å². The molecule has 0 amide bonds. The van der Waals surface area contributed by atoms with Gasteiger partial charge in [-0.2, -0.15) is 5.10 Å². The summed E-state index contributed by atoms with van der Waals surface area (Å²) in [5.74, 6) is 1.26. The summed E-state index contributed by atoms with van der Waals surface area (Å²) in [5, 5.41) is 12.7. The summed E-state index contributed by atoms with van der Waals surface area (Å²) in [5.41, 5.74) is 0.959. The highest BCUT2D eigenvalue weighted by Gasteiger charge is 2.26. The summed E-state index contributed by atoms with van der Waals surface area (Å²) < 4.78 is 7.82. The minimum atomic E-state index is 0.474. The highest BCUT2D eigenvalue weighted by molar-refractivity contribution is 5.51. The van der Waals surface area contributed by atoms with Crippen LogP contribution in [0.5, 0.6) is 0 Å². The first-order valence-corrected chi connectivity index (χ1v) is 7.98. The third-order valence-corrected chi connectivity index (χ3v) is 4.28. The van der Waals surface area contributed by atoms with Crippen LogP contribution in [0, 0.1) is 0 Å². The van der Waals surface area contributed by atoms with Crippen LogP contribution in [0.3, 0.4) is 0 Å². The molecule has 1 fully saturated rings. The normalized spacial score (nSPS) is 18.5. The second kappa shape index (κ2) is 6.34. The number of hydrogen-bond donors (Lipinski definition) is 0. The van der Waals surface area contributed by atoms with Gasteiger partial charge in [-0.25, -0.2) is 0 Å². The van der Waals surface area contributed by atoms with Gasteiger partial charge in [0.25, 0.3) is 0 Å². The molecule has 0 bridgehead atoms. The van der Waals surface area contributed by atoms with Crippen molar-refractivity contribution >= 4 is 0 Å². The molecular weight excluding hydrogens is 290 g/mol. The standard InChI is InChI=1S/C17H19N5O/c1-2-6-14(7-3-1)17-20-19-16(23-17)13-21-10-4-8-15(21)12-22-11-5-9-18-22/h1-3,5-7,9,11,15H,4,8,10,12-13H2/t15-/m0/s1. The Morgan fingerprint density at radius 1 is 1.13 bits per heavy atom. The van der Waals surface area contributed by atoms with E-state index in [0.717, 1.165) is 18.7 Å². The molecule has 118 valence electrons. The Bertz CT molecular complexity index is 737. The minimum Gasteiger partial charge on any atom is -0.419 e. The molecule has 1 aliphatic rings. The maximum atomic E-state index is 5.83. The molecule has 1 atom stereocenters. The van der Waals surface area contributed by atoms with Crippen molar-refractivity contribution in [3.05, 3.63) is 54.7 Å². The van der Waals surface area contributed by atoms with Gasteiger partial charge in [0, 0.05) is 24.0 Å². The van der Waals surface area contributed by atoms with Gasteiger partial charge in [-0.05, 0) is 37.6 Å². The van der Waals surface area contributed by atoms with Crippen molar-refractivity contribution in [3.63, 3.8) is 0 Å². The van der Waals surface area contributed by atoms with Gasteiger partial charge >= 0.3 is 0 Å². The lowest BCUT2D eigenvalue weighted by atomic mass is 10.2. The summed E-state index contributed by atoms with van der Waals surface area (Å²) in [6, 6.07) is 12.3. The molecule has 2 aromatic heterocycles. The Labute approximate surface area is 134 Å². The molecule has 0 spiro atoms. The zero-order chi connectivity index (χ0) is 15.5. The number of rotatable bonds is 5. The molecule has 0 saturated carbocycles. The minimum absolute atomic E-state index is 0.474. The Balaban J connectivity index is 1.44. The molecule has 0 N–H and O–H groups in total. The van der Waals surface area contributed by atoms with Crippen molar-refractivity contribution in [2.75, 3.05) is 6.54 Å². The van der Waals surface area contributed by atoms with Crippen molar-refractivity contribution in [3.8, 4) is 11.5 Å². The van der Waals surface area contributed by atoms with Crippen molar-refractivity contribution in [2.24, 2.45) is 0 Å². The monoisotopic (exact) mass is 309 g/mol. The lowest BCUT2D eigenvalue weighted by molar-refractivity contribution is 0.200. The summed E-state index contributed by atoms with van der Waals surface area (Å²) in [4.78, 5) is 2.41. The van der Waals surface area contributed by atoms with Crippen LogP contribution in [-0.2, 0) is 13.1 Å². The molecule has 1 aliphatic heterocycles. The second-order valence-electron chi connectivity index (χ2n) is 5.86. The number of likely N-dealkylation sites (tertiary alicyclic amines) is 1. The highest BCUT2D eigenvalue weighted by Crippen LogP contribution is 2.23. The van der Waals surface area contributed by atoms with E-state index in [2.05, 4.69) is 20.2 Å². The zero-order valence-electron chi connectivity index (χ0n) is 12.9. The fourth-order valence-corrected chi connectivity index (χ4v) is 3.12. The number of aromatic nitrogens is 4. The van der Waals surface area contributed by atoms with Gasteiger partial charge in [-0.3, -0.25) is 9.58 Å². The average molecular weight is 309 g/mol. The maximum Gasteiger partial charge on any atom is 0.247 e. The molecule has 0 unspecified atom stereocenters. The highest BCUT2D eigenvalue weighted by atomic mass is 16.4. The molecule has 3 heterocycles. The van der Waals surface area contributed by atoms with Crippen LogP contribution in [0.25, 0.3) is 11.5 Å². The Hall–Kier alpha value is -2.47. The molecule has 0 radical (unpaired) electrons. The Kier molecular flexibility index (Phi) is 3.90. The van der Waals surface area contributed by atoms with Crippen LogP contribution < -0.4 is 0 Å². The zero-order valence-corrected chi connectivity index (χ0v) is 12.9. The van der Waals surface area contributed by atoms with Gasteiger partial charge in [-0.1, -0.05) is 18.2 Å². The lowest BCUT2D eigenvalue weighted by Gasteiger charge is -2.22. The van der Waals surface area contributed by atoms with Gasteiger partial charge in [0.05, 0.1) is 13.1 Å². The molecule has 3 aromatic rings. The van der Waals surface area contributed by atoms with Crippen molar-refractivity contribution < 1.29 is 4.42 Å². The first kappa shape index (κ1) is 14.1. The summed E-state index contributed by atoms with van der Waals surface area (Å²) >= 11 is 0. The van der Waals surface area contributed by atoms with Gasteiger partial charge in [0.15, 0.2) is 0 Å². The van der Waals surface area contributed by atoms with Crippen LogP contribution in [-0.4, -0.2) is 37.5 Å². The molecule has 23 heavy (non-hydrogen) atoms. The largest absolute Gasteiger partial charge is 0.419 e. The number of hydrogen-bond acceptors (Lipinski definition) is 5. The molecular formula is C17H19N5O. The van der Waals surface area contributed by atoms with E-state index >= 15 is 0 Å². The summed E-state index contributed by atoms with van der Waals surface area (Å²) in [7, 11) is 0. The molecule has 0 aliphatic carbocycles. The molecule has 6 heteroatoms. The number of nitrogens with zero attached hydrogens (tertiary/aromatic N) is 5. The van der Waals surface area contributed by atoms with Gasteiger partial charge < -0.3 is 4.42 Å². The van der Waals surface area contributed by atoms with Crippen LogP contribution >= 0.6 is 0 Å². The third-order valence-electron chi connectivity index (χ3n) is 4.28. The molecule has 1 aromatic carbocycles. The van der Waals surface area contributed by atoms with Crippen LogP contribution in [0.2, 0.25) is 0 Å². The first-order chi connectivity index (χ1) is 11.4. The topological polar surface area (TPSA) is 60.0 Å². The van der Waals surface area contributed by atoms with Crippen molar-refractivity contribution in [1.82, 2.24) is 24.9 Å². The quantitative estimate of drug-likeness (QED) is 0.725. The van der Waals surface area contributed by atoms with E-state index in [1.165, 1.54) is 12.8 Å². The van der Waals surface area contributed by atoms with Crippen molar-refractivity contribution in [2.45, 2.75) is 32.0 Å². The van der Waals surface area contributed by atoms with Gasteiger partial charge in [0.1, 0.15) is 0 Å². The summed E-state index contributed by atoms with van der Waals surface area (Å²) in [6.07, 6.45) is 6.21. The molecule has 1 saturated heterocycles. The van der Waals surface area contributed by atoms with E-state index in [4.69, 9.17) is 4.42 Å². The van der Waals surface area contributed by atoms with E-state index < -0.39 is 0 Å². The van der Waals surface area contributed by atoms with E-state index in [0.29, 0.717) is 24.4 Å². The molecule has 6 nitrogen and oxygen atoms in total. The first-order valence-electron chi connectivity index (χ1n) is 7.98. The Morgan fingerprint density at radius 3 is 2.87 bits per heavy atom. The van der Waals surface area contributed by atoms with E-state index in [9.17, 15) is 0 Å². The van der Waals surface area contributed by atoms with Crippen molar-refractivity contribution in [1.29, 1.82) is 0 Å². The fourth-order valence-electron chi connectivity index (χ4n) is 3.12.